The molecule has 0 aliphatic carbocycles. The monoisotopic (exact) mass is 219 g/mol. The van der Waals surface area contributed by atoms with Crippen molar-refractivity contribution < 1.29 is 19.5 Å². The molecule has 0 amide bonds. The molecule has 5 nitrogen and oxygen atoms in total. The van der Waals surface area contributed by atoms with Crippen LogP contribution in [0.2, 0.25) is 0 Å². The van der Waals surface area contributed by atoms with Gasteiger partial charge in [-0.15, -0.1) is 0 Å². The largest absolute Gasteiger partial charge is 0.508 e. The standard InChI is InChI=1S/C11H9NO4/c1-6-4-7(13)2-3-8(6)9-5-10(11(14)15)16-12-9/h2-5,13H,1H3,(H,14,15). The lowest BCUT2D eigenvalue weighted by Crippen LogP contribution is -1.91. The minimum Gasteiger partial charge on any atom is -0.508 e. The smallest absolute Gasteiger partial charge is 0.374 e. The van der Waals surface area contributed by atoms with Crippen LogP contribution in [0.1, 0.15) is 16.1 Å². The van der Waals surface area contributed by atoms with Crippen molar-refractivity contribution in [2.75, 3.05) is 0 Å². The quantitative estimate of drug-likeness (QED) is 0.807. The first-order valence-electron chi connectivity index (χ1n) is 4.58. The van der Waals surface area contributed by atoms with Crippen LogP contribution in [0.3, 0.4) is 0 Å². The van der Waals surface area contributed by atoms with Crippen molar-refractivity contribution in [1.82, 2.24) is 5.16 Å². The van der Waals surface area contributed by atoms with Crippen LogP contribution in [0.15, 0.2) is 28.8 Å². The number of carboxylic acid groups (broad SMARTS) is 1. The van der Waals surface area contributed by atoms with E-state index in [1.807, 2.05) is 0 Å². The number of aromatic hydroxyl groups is 1. The summed E-state index contributed by atoms with van der Waals surface area (Å²) in [6, 6.07) is 6.10. The summed E-state index contributed by atoms with van der Waals surface area (Å²) in [6.07, 6.45) is 0. The maximum Gasteiger partial charge on any atom is 0.374 e. The number of rotatable bonds is 2. The number of phenols is 1. The first kappa shape index (κ1) is 10.2. The van der Waals surface area contributed by atoms with Crippen molar-refractivity contribution in [2.24, 2.45) is 0 Å². The highest BCUT2D eigenvalue weighted by Crippen LogP contribution is 2.25. The number of aromatic carboxylic acids is 1. The highest BCUT2D eigenvalue weighted by molar-refractivity contribution is 5.85. The number of carbonyl (C=O) groups is 1. The van der Waals surface area contributed by atoms with E-state index in [9.17, 15) is 9.90 Å². The van der Waals surface area contributed by atoms with Crippen LogP contribution in [0.5, 0.6) is 5.75 Å². The molecule has 2 rings (SSSR count). The van der Waals surface area contributed by atoms with Crippen molar-refractivity contribution in [3.63, 3.8) is 0 Å². The molecule has 0 bridgehead atoms. The Labute approximate surface area is 90.9 Å². The second kappa shape index (κ2) is 3.69. The Hall–Kier alpha value is -2.30. The van der Waals surface area contributed by atoms with E-state index < -0.39 is 5.97 Å². The number of nitrogens with zero attached hydrogens (tertiary/aromatic N) is 1. The van der Waals surface area contributed by atoms with Crippen LogP contribution in [0.25, 0.3) is 11.3 Å². The average Bonchev–Trinajstić information content (AvgIpc) is 2.66. The predicted molar refractivity (Wildman–Crippen MR) is 55.3 cm³/mol. The van der Waals surface area contributed by atoms with Gasteiger partial charge in [0, 0.05) is 11.6 Å². The van der Waals surface area contributed by atoms with Crippen LogP contribution in [-0.4, -0.2) is 21.3 Å². The number of hydrogen-bond acceptors (Lipinski definition) is 4. The van der Waals surface area contributed by atoms with E-state index in [1.165, 1.54) is 12.1 Å². The minimum absolute atomic E-state index is 0.156. The molecule has 16 heavy (non-hydrogen) atoms. The predicted octanol–water partition coefficient (Wildman–Crippen LogP) is 2.05. The van der Waals surface area contributed by atoms with Gasteiger partial charge in [-0.3, -0.25) is 0 Å². The zero-order chi connectivity index (χ0) is 11.7. The Morgan fingerprint density at radius 2 is 2.12 bits per heavy atom. The Balaban J connectivity index is 2.46. The van der Waals surface area contributed by atoms with Crippen molar-refractivity contribution >= 4 is 5.97 Å². The molecule has 0 aliphatic heterocycles. The molecule has 0 atom stereocenters. The normalized spacial score (nSPS) is 10.3. The summed E-state index contributed by atoms with van der Waals surface area (Å²) in [6.45, 7) is 1.80. The third kappa shape index (κ3) is 1.75. The van der Waals surface area contributed by atoms with E-state index in [0.29, 0.717) is 5.69 Å². The second-order valence-corrected chi connectivity index (χ2v) is 3.38. The van der Waals surface area contributed by atoms with Gasteiger partial charge < -0.3 is 14.7 Å². The van der Waals surface area contributed by atoms with Gasteiger partial charge in [-0.05, 0) is 30.7 Å². The lowest BCUT2D eigenvalue weighted by molar-refractivity contribution is 0.0652. The summed E-state index contributed by atoms with van der Waals surface area (Å²) in [5, 5.41) is 21.6. The molecule has 5 heteroatoms. The van der Waals surface area contributed by atoms with Gasteiger partial charge >= 0.3 is 5.97 Å². The molecule has 1 heterocycles. The van der Waals surface area contributed by atoms with Crippen LogP contribution < -0.4 is 0 Å². The van der Waals surface area contributed by atoms with Crippen LogP contribution in [0.4, 0.5) is 0 Å². The molecule has 0 saturated carbocycles. The van der Waals surface area contributed by atoms with E-state index in [0.717, 1.165) is 11.1 Å². The fraction of sp³-hybridized carbons (Fsp3) is 0.0909. The molecule has 2 N–H and O–H groups in total. The zero-order valence-corrected chi connectivity index (χ0v) is 8.47. The van der Waals surface area contributed by atoms with Crippen LogP contribution >= 0.6 is 0 Å². The highest BCUT2D eigenvalue weighted by atomic mass is 16.5. The molecule has 1 aromatic heterocycles. The summed E-state index contributed by atoms with van der Waals surface area (Å²) in [5.74, 6) is -1.21. The number of benzene rings is 1. The van der Waals surface area contributed by atoms with Gasteiger partial charge in [-0.2, -0.15) is 0 Å². The Morgan fingerprint density at radius 3 is 2.69 bits per heavy atom. The van der Waals surface area contributed by atoms with E-state index in [1.54, 1.807) is 19.1 Å². The van der Waals surface area contributed by atoms with Crippen molar-refractivity contribution in [1.29, 1.82) is 0 Å². The van der Waals surface area contributed by atoms with Gasteiger partial charge in [-0.1, -0.05) is 5.16 Å². The minimum atomic E-state index is -1.16. The van der Waals surface area contributed by atoms with Gasteiger partial charge in [-0.25, -0.2) is 4.79 Å². The molecule has 1 aromatic carbocycles. The SMILES string of the molecule is Cc1cc(O)ccc1-c1cc(C(=O)O)on1. The number of phenolic OH excluding ortho intramolecular Hbond substituents is 1. The molecule has 0 saturated heterocycles. The molecular formula is C11H9NO4. The van der Waals surface area contributed by atoms with Gasteiger partial charge in [0.1, 0.15) is 11.4 Å². The molecule has 82 valence electrons. The van der Waals surface area contributed by atoms with Crippen molar-refractivity contribution in [3.8, 4) is 17.0 Å². The maximum atomic E-state index is 10.6. The zero-order valence-electron chi connectivity index (χ0n) is 8.47. The molecular weight excluding hydrogens is 210 g/mol. The van der Waals surface area contributed by atoms with Crippen LogP contribution in [0, 0.1) is 6.92 Å². The third-order valence-corrected chi connectivity index (χ3v) is 2.21. The topological polar surface area (TPSA) is 83.6 Å². The Kier molecular flexibility index (Phi) is 2.36. The number of aromatic nitrogens is 1. The Morgan fingerprint density at radius 1 is 1.38 bits per heavy atom. The molecule has 0 radical (unpaired) electrons. The first-order chi connectivity index (χ1) is 7.58. The Bertz CT molecular complexity index is 545. The van der Waals surface area contributed by atoms with Gasteiger partial charge in [0.15, 0.2) is 0 Å². The molecule has 0 spiro atoms. The molecule has 0 fully saturated rings. The lowest BCUT2D eigenvalue weighted by Gasteiger charge is -2.01. The molecule has 0 aliphatic rings. The van der Waals surface area contributed by atoms with Gasteiger partial charge in [0.25, 0.3) is 0 Å². The lowest BCUT2D eigenvalue weighted by atomic mass is 10.1. The summed E-state index contributed by atoms with van der Waals surface area (Å²) < 4.78 is 4.65. The third-order valence-electron chi connectivity index (χ3n) is 2.21. The van der Waals surface area contributed by atoms with E-state index >= 15 is 0 Å². The number of hydrogen-bond donors (Lipinski definition) is 2. The summed E-state index contributed by atoms with van der Waals surface area (Å²) in [7, 11) is 0. The van der Waals surface area contributed by atoms with Crippen molar-refractivity contribution in [2.45, 2.75) is 6.92 Å². The summed E-state index contributed by atoms with van der Waals surface area (Å²) in [4.78, 5) is 10.6. The number of aryl methyl sites for hydroxylation is 1. The number of carboxylic acids is 1. The first-order valence-corrected chi connectivity index (χ1v) is 4.58. The van der Waals surface area contributed by atoms with E-state index in [4.69, 9.17) is 5.11 Å². The van der Waals surface area contributed by atoms with E-state index in [-0.39, 0.29) is 11.5 Å². The fourth-order valence-corrected chi connectivity index (χ4v) is 1.44. The van der Waals surface area contributed by atoms with E-state index in [2.05, 4.69) is 9.68 Å². The summed E-state index contributed by atoms with van der Waals surface area (Å²) >= 11 is 0. The molecule has 2 aromatic rings. The highest BCUT2D eigenvalue weighted by Gasteiger charge is 2.13. The maximum absolute atomic E-state index is 10.6. The van der Waals surface area contributed by atoms with Gasteiger partial charge in [0.05, 0.1) is 0 Å². The fourth-order valence-electron chi connectivity index (χ4n) is 1.44. The average molecular weight is 219 g/mol. The van der Waals surface area contributed by atoms with Crippen molar-refractivity contribution in [3.05, 3.63) is 35.6 Å². The summed E-state index contributed by atoms with van der Waals surface area (Å²) in [5.41, 5.74) is 1.97. The molecule has 0 unspecified atom stereocenters. The van der Waals surface area contributed by atoms with Gasteiger partial charge in [0.2, 0.25) is 5.76 Å². The van der Waals surface area contributed by atoms with Crippen LogP contribution in [-0.2, 0) is 0 Å². The second-order valence-electron chi connectivity index (χ2n) is 3.38.